The van der Waals surface area contributed by atoms with E-state index in [0.29, 0.717) is 25.8 Å². The molecule has 172 valence electrons. The first kappa shape index (κ1) is 21.5. The minimum atomic E-state index is -1.04. The van der Waals surface area contributed by atoms with Crippen molar-refractivity contribution in [3.05, 3.63) is 59.7 Å². The zero-order valence-electron chi connectivity index (χ0n) is 18.5. The van der Waals surface area contributed by atoms with Gasteiger partial charge in [-0.05, 0) is 47.9 Å². The standard InChI is InChI=1S/C26H28N2O5/c29-23(30)22-12-2-1-7-15-28(22)24(31)26(13-14-26)27-25(32)33-16-21-19-10-5-3-8-17(19)18-9-4-6-11-20(18)21/h3-6,8-11,21-22H,1-2,7,12-16H2,(H,27,32)(H,29,30). The number of carbonyl (C=O) groups excluding carboxylic acids is 2. The number of carboxylic acid groups (broad SMARTS) is 1. The molecule has 1 saturated carbocycles. The summed E-state index contributed by atoms with van der Waals surface area (Å²) in [5, 5.41) is 12.4. The normalized spacial score (nSPS) is 20.8. The van der Waals surface area contributed by atoms with E-state index in [-0.39, 0.29) is 18.4 Å². The molecule has 0 bridgehead atoms. The average molecular weight is 449 g/mol. The third-order valence-corrected chi connectivity index (χ3v) is 7.14. The van der Waals surface area contributed by atoms with Gasteiger partial charge in [0.2, 0.25) is 5.91 Å². The van der Waals surface area contributed by atoms with E-state index in [4.69, 9.17) is 4.74 Å². The van der Waals surface area contributed by atoms with Crippen molar-refractivity contribution < 1.29 is 24.2 Å². The number of hydrogen-bond acceptors (Lipinski definition) is 4. The summed E-state index contributed by atoms with van der Waals surface area (Å²) >= 11 is 0. The Morgan fingerprint density at radius 2 is 1.61 bits per heavy atom. The van der Waals surface area contributed by atoms with Gasteiger partial charge < -0.3 is 20.1 Å². The summed E-state index contributed by atoms with van der Waals surface area (Å²) in [5.74, 6) is -1.34. The maximum atomic E-state index is 13.3. The van der Waals surface area contributed by atoms with Crippen LogP contribution in [0, 0.1) is 0 Å². The predicted octanol–water partition coefficient (Wildman–Crippen LogP) is 3.91. The smallest absolute Gasteiger partial charge is 0.408 e. The Morgan fingerprint density at radius 3 is 2.21 bits per heavy atom. The van der Waals surface area contributed by atoms with Gasteiger partial charge in [0.25, 0.3) is 0 Å². The number of aliphatic carboxylic acids is 1. The van der Waals surface area contributed by atoms with Gasteiger partial charge in [-0.3, -0.25) is 4.79 Å². The Labute approximate surface area is 192 Å². The summed E-state index contributed by atoms with van der Waals surface area (Å²) in [6.45, 7) is 0.579. The summed E-state index contributed by atoms with van der Waals surface area (Å²) in [6.07, 6.45) is 3.27. The fourth-order valence-electron chi connectivity index (χ4n) is 5.23. The first-order chi connectivity index (χ1) is 16.0. The molecule has 0 radical (unpaired) electrons. The van der Waals surface area contributed by atoms with Crippen LogP contribution in [-0.2, 0) is 14.3 Å². The number of carboxylic acids is 1. The van der Waals surface area contributed by atoms with Crippen LogP contribution in [0.25, 0.3) is 11.1 Å². The third-order valence-electron chi connectivity index (χ3n) is 7.14. The van der Waals surface area contributed by atoms with Crippen LogP contribution >= 0.6 is 0 Å². The summed E-state index contributed by atoms with van der Waals surface area (Å²) in [5.41, 5.74) is 3.50. The second kappa shape index (κ2) is 8.54. The molecule has 33 heavy (non-hydrogen) atoms. The second-order valence-corrected chi connectivity index (χ2v) is 9.23. The number of nitrogens with one attached hydrogen (secondary N) is 1. The van der Waals surface area contributed by atoms with E-state index in [0.717, 1.165) is 41.5 Å². The van der Waals surface area contributed by atoms with Crippen LogP contribution in [-0.4, -0.2) is 52.7 Å². The SMILES string of the molecule is O=C(NC1(C(=O)N2CCCCCC2C(=O)O)CC1)OCC1c2ccccc2-c2ccccc21. The Bertz CT molecular complexity index is 1050. The molecule has 0 spiro atoms. The quantitative estimate of drug-likeness (QED) is 0.723. The van der Waals surface area contributed by atoms with Crippen LogP contribution in [0.2, 0.25) is 0 Å². The first-order valence-corrected chi connectivity index (χ1v) is 11.7. The highest BCUT2D eigenvalue weighted by Crippen LogP contribution is 2.44. The van der Waals surface area contributed by atoms with Crippen molar-refractivity contribution in [1.29, 1.82) is 0 Å². The van der Waals surface area contributed by atoms with E-state index in [9.17, 15) is 19.5 Å². The molecule has 7 heteroatoms. The van der Waals surface area contributed by atoms with Gasteiger partial charge in [-0.1, -0.05) is 61.4 Å². The molecule has 1 atom stereocenters. The van der Waals surface area contributed by atoms with Crippen molar-refractivity contribution in [3.8, 4) is 11.1 Å². The van der Waals surface area contributed by atoms with Crippen LogP contribution < -0.4 is 5.32 Å². The van der Waals surface area contributed by atoms with Crippen LogP contribution in [0.15, 0.2) is 48.5 Å². The molecule has 2 amide bonds. The molecule has 2 fully saturated rings. The molecule has 2 aromatic carbocycles. The lowest BCUT2D eigenvalue weighted by Crippen LogP contribution is -2.55. The van der Waals surface area contributed by atoms with E-state index in [1.165, 1.54) is 4.90 Å². The molecule has 1 aliphatic heterocycles. The lowest BCUT2D eigenvalue weighted by molar-refractivity contribution is -0.151. The Balaban J connectivity index is 1.26. The fraction of sp³-hybridized carbons (Fsp3) is 0.423. The van der Waals surface area contributed by atoms with Crippen molar-refractivity contribution in [2.24, 2.45) is 0 Å². The molecule has 2 N–H and O–H groups in total. The van der Waals surface area contributed by atoms with E-state index >= 15 is 0 Å². The minimum absolute atomic E-state index is 0.0593. The zero-order chi connectivity index (χ0) is 23.0. The van der Waals surface area contributed by atoms with E-state index in [1.807, 2.05) is 24.3 Å². The summed E-state index contributed by atoms with van der Waals surface area (Å²) in [4.78, 5) is 39.2. The largest absolute Gasteiger partial charge is 0.480 e. The molecule has 0 aromatic heterocycles. The molecular formula is C26H28N2O5. The lowest BCUT2D eigenvalue weighted by atomic mass is 9.98. The van der Waals surface area contributed by atoms with Gasteiger partial charge in [-0.25, -0.2) is 9.59 Å². The monoisotopic (exact) mass is 448 g/mol. The number of ether oxygens (including phenoxy) is 1. The number of amides is 2. The van der Waals surface area contributed by atoms with Gasteiger partial charge in [0, 0.05) is 12.5 Å². The number of rotatable bonds is 5. The highest BCUT2D eigenvalue weighted by molar-refractivity contribution is 5.95. The topological polar surface area (TPSA) is 95.9 Å². The second-order valence-electron chi connectivity index (χ2n) is 9.23. The molecule has 5 rings (SSSR count). The van der Waals surface area contributed by atoms with Gasteiger partial charge in [0.05, 0.1) is 0 Å². The zero-order valence-corrected chi connectivity index (χ0v) is 18.5. The van der Waals surface area contributed by atoms with E-state index < -0.39 is 23.6 Å². The molecular weight excluding hydrogens is 420 g/mol. The third kappa shape index (κ3) is 3.96. The molecule has 7 nitrogen and oxygen atoms in total. The lowest BCUT2D eigenvalue weighted by Gasteiger charge is -2.31. The molecule has 1 unspecified atom stereocenters. The van der Waals surface area contributed by atoms with Crippen molar-refractivity contribution in [1.82, 2.24) is 10.2 Å². The van der Waals surface area contributed by atoms with Gasteiger partial charge in [0.15, 0.2) is 0 Å². The van der Waals surface area contributed by atoms with Crippen molar-refractivity contribution >= 4 is 18.0 Å². The summed E-state index contributed by atoms with van der Waals surface area (Å²) < 4.78 is 5.61. The van der Waals surface area contributed by atoms with E-state index in [1.54, 1.807) is 0 Å². The summed E-state index contributed by atoms with van der Waals surface area (Å²) in [7, 11) is 0. The Kier molecular flexibility index (Phi) is 5.56. The number of fused-ring (bicyclic) bond motifs is 3. The number of nitrogens with zero attached hydrogens (tertiary/aromatic N) is 1. The highest BCUT2D eigenvalue weighted by atomic mass is 16.5. The first-order valence-electron chi connectivity index (χ1n) is 11.7. The number of hydrogen-bond donors (Lipinski definition) is 2. The van der Waals surface area contributed by atoms with Crippen LogP contribution in [0.4, 0.5) is 4.79 Å². The predicted molar refractivity (Wildman–Crippen MR) is 122 cm³/mol. The number of alkyl carbamates (subject to hydrolysis) is 1. The van der Waals surface area contributed by atoms with Gasteiger partial charge >= 0.3 is 12.1 Å². The fourth-order valence-corrected chi connectivity index (χ4v) is 5.23. The maximum absolute atomic E-state index is 13.3. The molecule has 2 aromatic rings. The van der Waals surface area contributed by atoms with Crippen LogP contribution in [0.1, 0.15) is 55.6 Å². The van der Waals surface area contributed by atoms with Gasteiger partial charge in [0.1, 0.15) is 18.2 Å². The van der Waals surface area contributed by atoms with Gasteiger partial charge in [-0.15, -0.1) is 0 Å². The number of benzene rings is 2. The van der Waals surface area contributed by atoms with Crippen LogP contribution in [0.5, 0.6) is 0 Å². The molecule has 2 aliphatic carbocycles. The van der Waals surface area contributed by atoms with Gasteiger partial charge in [-0.2, -0.15) is 0 Å². The Hall–Kier alpha value is -3.35. The number of carbonyl (C=O) groups is 3. The Morgan fingerprint density at radius 1 is 0.970 bits per heavy atom. The average Bonchev–Trinajstić information content (AvgIpc) is 3.58. The van der Waals surface area contributed by atoms with Crippen molar-refractivity contribution in [2.75, 3.05) is 13.2 Å². The van der Waals surface area contributed by atoms with Crippen molar-refractivity contribution in [2.45, 2.75) is 56.0 Å². The minimum Gasteiger partial charge on any atom is -0.480 e. The van der Waals surface area contributed by atoms with E-state index in [2.05, 4.69) is 29.6 Å². The maximum Gasteiger partial charge on any atom is 0.408 e. The van der Waals surface area contributed by atoms with Crippen LogP contribution in [0.3, 0.4) is 0 Å². The molecule has 1 heterocycles. The number of likely N-dealkylation sites (tertiary alicyclic amines) is 1. The molecule has 3 aliphatic rings. The highest BCUT2D eigenvalue weighted by Gasteiger charge is 2.55. The molecule has 1 saturated heterocycles. The van der Waals surface area contributed by atoms with Crippen molar-refractivity contribution in [3.63, 3.8) is 0 Å². The summed E-state index contributed by atoms with van der Waals surface area (Å²) in [6, 6.07) is 15.4.